The molecular formula is C25H19FN4O3. The first kappa shape index (κ1) is 20.6. The molecule has 7 nitrogen and oxygen atoms in total. The Balaban J connectivity index is 1.72. The lowest BCUT2D eigenvalue weighted by atomic mass is 9.96. The van der Waals surface area contributed by atoms with E-state index in [-0.39, 0.29) is 17.9 Å². The Morgan fingerprint density at radius 1 is 1.09 bits per heavy atom. The van der Waals surface area contributed by atoms with E-state index in [0.29, 0.717) is 22.6 Å². The molecule has 4 aromatic rings. The highest BCUT2D eigenvalue weighted by molar-refractivity contribution is 6.46. The Hall–Kier alpha value is -4.33. The van der Waals surface area contributed by atoms with Crippen LogP contribution in [-0.4, -0.2) is 36.1 Å². The SMILES string of the molecule is Cc1nc2ccccn2c1C(O)=C1C(=O)C(=O)N(Cc2cccnc2)C1c1ccc(F)cc1. The fourth-order valence-electron chi connectivity index (χ4n) is 4.25. The molecule has 1 aromatic carbocycles. The summed E-state index contributed by atoms with van der Waals surface area (Å²) in [6, 6.07) is 13.6. The molecule has 1 amide bonds. The van der Waals surface area contributed by atoms with Crippen LogP contribution in [0.5, 0.6) is 0 Å². The maximum atomic E-state index is 13.6. The van der Waals surface area contributed by atoms with Gasteiger partial charge in [0.15, 0.2) is 5.76 Å². The van der Waals surface area contributed by atoms with Crippen molar-refractivity contribution in [2.24, 2.45) is 0 Å². The van der Waals surface area contributed by atoms with Gasteiger partial charge in [-0.1, -0.05) is 24.3 Å². The van der Waals surface area contributed by atoms with Gasteiger partial charge in [-0.25, -0.2) is 9.37 Å². The molecule has 1 unspecified atom stereocenters. The number of likely N-dealkylation sites (tertiary alicyclic amines) is 1. The second-order valence-corrected chi connectivity index (χ2v) is 7.81. The number of aromatic nitrogens is 3. The number of hydrogen-bond acceptors (Lipinski definition) is 5. The summed E-state index contributed by atoms with van der Waals surface area (Å²) < 4.78 is 15.3. The number of hydrogen-bond donors (Lipinski definition) is 1. The van der Waals surface area contributed by atoms with Crippen LogP contribution < -0.4 is 0 Å². The summed E-state index contributed by atoms with van der Waals surface area (Å²) in [5.41, 5.74) is 2.60. The van der Waals surface area contributed by atoms with E-state index in [1.807, 2.05) is 6.07 Å². The van der Waals surface area contributed by atoms with Crippen LogP contribution in [-0.2, 0) is 16.1 Å². The summed E-state index contributed by atoms with van der Waals surface area (Å²) in [6.45, 7) is 1.82. The Labute approximate surface area is 188 Å². The molecule has 0 spiro atoms. The molecule has 1 N–H and O–H groups in total. The molecular weight excluding hydrogens is 423 g/mol. The summed E-state index contributed by atoms with van der Waals surface area (Å²) in [7, 11) is 0. The summed E-state index contributed by atoms with van der Waals surface area (Å²) in [4.78, 5) is 36.2. The molecule has 3 aromatic heterocycles. The fraction of sp³-hybridized carbons (Fsp3) is 0.120. The largest absolute Gasteiger partial charge is 0.505 e. The topological polar surface area (TPSA) is 87.8 Å². The molecule has 1 saturated heterocycles. The van der Waals surface area contributed by atoms with Crippen molar-refractivity contribution in [3.8, 4) is 0 Å². The van der Waals surface area contributed by atoms with E-state index < -0.39 is 23.5 Å². The van der Waals surface area contributed by atoms with Crippen molar-refractivity contribution in [1.29, 1.82) is 0 Å². The van der Waals surface area contributed by atoms with E-state index in [2.05, 4.69) is 9.97 Å². The van der Waals surface area contributed by atoms with Gasteiger partial charge in [0.2, 0.25) is 0 Å². The third-order valence-electron chi connectivity index (χ3n) is 5.73. The Kier molecular flexibility index (Phi) is 4.97. The minimum absolute atomic E-state index is 0.0655. The number of Topliss-reactive ketones (excluding diaryl/α,β-unsaturated/α-hetero) is 1. The molecule has 164 valence electrons. The lowest BCUT2D eigenvalue weighted by molar-refractivity contribution is -0.140. The van der Waals surface area contributed by atoms with Gasteiger partial charge in [-0.05, 0) is 48.4 Å². The molecule has 4 heterocycles. The number of rotatable bonds is 4. The van der Waals surface area contributed by atoms with Gasteiger partial charge < -0.3 is 10.0 Å². The first-order valence-corrected chi connectivity index (χ1v) is 10.3. The second-order valence-electron chi connectivity index (χ2n) is 7.81. The van der Waals surface area contributed by atoms with E-state index in [1.165, 1.54) is 29.2 Å². The van der Waals surface area contributed by atoms with Gasteiger partial charge in [0.25, 0.3) is 11.7 Å². The highest BCUT2D eigenvalue weighted by Crippen LogP contribution is 2.40. The maximum Gasteiger partial charge on any atom is 0.295 e. The minimum Gasteiger partial charge on any atom is -0.505 e. The van der Waals surface area contributed by atoms with Gasteiger partial charge in [-0.15, -0.1) is 0 Å². The monoisotopic (exact) mass is 442 g/mol. The van der Waals surface area contributed by atoms with Crippen molar-refractivity contribution in [2.45, 2.75) is 19.5 Å². The van der Waals surface area contributed by atoms with Gasteiger partial charge in [0.1, 0.15) is 17.2 Å². The van der Waals surface area contributed by atoms with Crippen molar-refractivity contribution < 1.29 is 19.1 Å². The lowest BCUT2D eigenvalue weighted by Crippen LogP contribution is -2.29. The first-order valence-electron chi connectivity index (χ1n) is 10.3. The fourth-order valence-corrected chi connectivity index (χ4v) is 4.25. The van der Waals surface area contributed by atoms with E-state index in [9.17, 15) is 19.1 Å². The van der Waals surface area contributed by atoms with E-state index in [0.717, 1.165) is 5.56 Å². The maximum absolute atomic E-state index is 13.6. The molecule has 1 fully saturated rings. The van der Waals surface area contributed by atoms with Crippen LogP contribution in [0.15, 0.2) is 78.8 Å². The van der Waals surface area contributed by atoms with Gasteiger partial charge >= 0.3 is 0 Å². The lowest BCUT2D eigenvalue weighted by Gasteiger charge is -2.25. The number of aryl methyl sites for hydroxylation is 1. The number of imidazole rings is 1. The zero-order valence-electron chi connectivity index (χ0n) is 17.6. The standard InChI is InChI=1S/C25H19FN4O3/c1-15-21(29-12-3-2-6-19(29)28-15)23(31)20-22(17-7-9-18(26)10-8-17)30(25(33)24(20)32)14-16-5-4-11-27-13-16/h2-13,22,31H,14H2,1H3. The summed E-state index contributed by atoms with van der Waals surface area (Å²) in [5.74, 6) is -2.33. The number of aliphatic hydroxyl groups is 1. The summed E-state index contributed by atoms with van der Waals surface area (Å²) >= 11 is 0. The summed E-state index contributed by atoms with van der Waals surface area (Å²) in [5, 5.41) is 11.4. The number of amides is 1. The van der Waals surface area contributed by atoms with Crippen LogP contribution >= 0.6 is 0 Å². The van der Waals surface area contributed by atoms with Crippen LogP contribution in [0.2, 0.25) is 0 Å². The molecule has 1 aliphatic heterocycles. The van der Waals surface area contributed by atoms with Gasteiger partial charge in [0.05, 0.1) is 17.3 Å². The number of pyridine rings is 2. The summed E-state index contributed by atoms with van der Waals surface area (Å²) in [6.07, 6.45) is 4.95. The molecule has 0 aliphatic carbocycles. The van der Waals surface area contributed by atoms with Crippen LogP contribution in [0.4, 0.5) is 4.39 Å². The molecule has 0 bridgehead atoms. The number of carbonyl (C=O) groups excluding carboxylic acids is 2. The Morgan fingerprint density at radius 2 is 1.88 bits per heavy atom. The van der Waals surface area contributed by atoms with E-state index in [4.69, 9.17) is 0 Å². The molecule has 0 saturated carbocycles. The smallest absolute Gasteiger partial charge is 0.295 e. The van der Waals surface area contributed by atoms with Gasteiger partial charge in [0, 0.05) is 25.1 Å². The number of halogens is 1. The highest BCUT2D eigenvalue weighted by Gasteiger charge is 2.46. The molecule has 33 heavy (non-hydrogen) atoms. The number of nitrogens with zero attached hydrogens (tertiary/aromatic N) is 4. The minimum atomic E-state index is -0.903. The van der Waals surface area contributed by atoms with Crippen LogP contribution in [0.3, 0.4) is 0 Å². The van der Waals surface area contributed by atoms with Crippen molar-refractivity contribution in [1.82, 2.24) is 19.3 Å². The Bertz CT molecular complexity index is 1410. The molecule has 0 radical (unpaired) electrons. The van der Waals surface area contributed by atoms with Crippen molar-refractivity contribution >= 4 is 23.1 Å². The van der Waals surface area contributed by atoms with Crippen molar-refractivity contribution in [2.75, 3.05) is 0 Å². The number of carbonyl (C=O) groups is 2. The van der Waals surface area contributed by atoms with Crippen LogP contribution in [0.25, 0.3) is 11.4 Å². The number of ketones is 1. The van der Waals surface area contributed by atoms with E-state index >= 15 is 0 Å². The molecule has 5 rings (SSSR count). The predicted octanol–water partition coefficient (Wildman–Crippen LogP) is 3.80. The van der Waals surface area contributed by atoms with Gasteiger partial charge in [-0.2, -0.15) is 0 Å². The Morgan fingerprint density at radius 3 is 2.61 bits per heavy atom. The van der Waals surface area contributed by atoms with Crippen molar-refractivity contribution in [3.05, 3.63) is 107 Å². The van der Waals surface area contributed by atoms with Crippen LogP contribution in [0, 0.1) is 12.7 Å². The van der Waals surface area contributed by atoms with Gasteiger partial charge in [-0.3, -0.25) is 19.0 Å². The third-order valence-corrected chi connectivity index (χ3v) is 5.73. The van der Waals surface area contributed by atoms with Crippen LogP contribution in [0.1, 0.15) is 28.6 Å². The normalized spacial score (nSPS) is 17.8. The average molecular weight is 442 g/mol. The average Bonchev–Trinajstić information content (AvgIpc) is 3.28. The third kappa shape index (κ3) is 3.45. The number of aliphatic hydroxyl groups excluding tert-OH is 1. The zero-order valence-corrected chi connectivity index (χ0v) is 17.6. The van der Waals surface area contributed by atoms with E-state index in [1.54, 1.807) is 54.2 Å². The second kappa shape index (κ2) is 7.98. The van der Waals surface area contributed by atoms with Crippen molar-refractivity contribution in [3.63, 3.8) is 0 Å². The number of benzene rings is 1. The number of fused-ring (bicyclic) bond motifs is 1. The first-order chi connectivity index (χ1) is 16.0. The molecule has 8 heteroatoms. The zero-order chi connectivity index (χ0) is 23.1. The molecule has 1 aliphatic rings. The highest BCUT2D eigenvalue weighted by atomic mass is 19.1. The molecule has 1 atom stereocenters. The predicted molar refractivity (Wildman–Crippen MR) is 118 cm³/mol. The quantitative estimate of drug-likeness (QED) is 0.295.